The summed E-state index contributed by atoms with van der Waals surface area (Å²) in [6.07, 6.45) is 45.6. The summed E-state index contributed by atoms with van der Waals surface area (Å²) in [4.78, 5) is 13.3. The minimum Gasteiger partial charge on any atom is -0.394 e. The summed E-state index contributed by atoms with van der Waals surface area (Å²) < 4.78 is 34.2. The second kappa shape index (κ2) is 51.1. The minimum atomic E-state index is -1.99. The molecule has 3 aliphatic rings. The number of rotatable bonds is 47. The number of unbranched alkanes of at least 4 members (excludes halogenated alkanes) is 9. The number of allylic oxidation sites excluding steroid dienone is 23. The predicted octanol–water partition coefficient (Wildman–Crippen LogP) is 7.98. The summed E-state index contributed by atoms with van der Waals surface area (Å²) in [5.41, 5.74) is 0. The van der Waals surface area contributed by atoms with Gasteiger partial charge in [-0.3, -0.25) is 4.79 Å². The van der Waals surface area contributed by atoms with Crippen molar-refractivity contribution < 1.29 is 89.4 Å². The van der Waals surface area contributed by atoms with Crippen molar-refractivity contribution in [3.05, 3.63) is 146 Å². The van der Waals surface area contributed by atoms with Crippen molar-refractivity contribution in [3.63, 3.8) is 0 Å². The first-order chi connectivity index (χ1) is 43.8. The Labute approximate surface area is 536 Å². The number of hydrogen-bond donors (Lipinski definition) is 12. The van der Waals surface area contributed by atoms with Gasteiger partial charge in [-0.05, 0) is 109 Å². The molecule has 3 saturated heterocycles. The monoisotopic (exact) mass is 1270 g/mol. The maximum Gasteiger partial charge on any atom is 0.220 e. The zero-order valence-corrected chi connectivity index (χ0v) is 53.5. The molecule has 90 heavy (non-hydrogen) atoms. The molecule has 510 valence electrons. The van der Waals surface area contributed by atoms with Gasteiger partial charge in [0.05, 0.1) is 38.6 Å². The second-order valence-corrected chi connectivity index (χ2v) is 22.8. The predicted molar refractivity (Wildman–Crippen MR) is 350 cm³/mol. The van der Waals surface area contributed by atoms with Gasteiger partial charge in [-0.1, -0.05) is 192 Å². The fourth-order valence-corrected chi connectivity index (χ4v) is 10.00. The first-order valence-electron chi connectivity index (χ1n) is 33.1. The highest BCUT2D eigenvalue weighted by atomic mass is 16.8. The molecule has 17 atom stereocenters. The van der Waals surface area contributed by atoms with Crippen molar-refractivity contribution in [1.29, 1.82) is 0 Å². The van der Waals surface area contributed by atoms with Gasteiger partial charge in [0.25, 0.3) is 0 Å². The number of amides is 1. The molecule has 0 aromatic rings. The SMILES string of the molecule is CC/C=C\C/C=C\C/C=C\C/C=C\C/C=C\C/C=C\C/C=C\C/C=C\C/C=C\C/C=C\CCCCC(=O)NC(COC1OC(CO)C(OC2OC(CO)C(OC3OC(CO)C(O)C(O)C3O)C(O)C2O)C(O)C1O)C(O)/C=C/CC/C=C/CCCCCCCC. The second-order valence-electron chi connectivity index (χ2n) is 22.8. The van der Waals surface area contributed by atoms with E-state index < -0.39 is 131 Å². The quantitative estimate of drug-likeness (QED) is 0.0203. The van der Waals surface area contributed by atoms with Gasteiger partial charge in [0.2, 0.25) is 5.91 Å². The molecule has 12 N–H and O–H groups in total. The van der Waals surface area contributed by atoms with Gasteiger partial charge < -0.3 is 89.9 Å². The Bertz CT molecular complexity index is 2200. The third-order valence-corrected chi connectivity index (χ3v) is 15.4. The van der Waals surface area contributed by atoms with E-state index in [2.05, 4.69) is 153 Å². The highest BCUT2D eigenvalue weighted by Gasteiger charge is 2.53. The molecule has 3 fully saturated rings. The van der Waals surface area contributed by atoms with Crippen molar-refractivity contribution in [1.82, 2.24) is 5.32 Å². The van der Waals surface area contributed by atoms with Gasteiger partial charge in [0.1, 0.15) is 73.2 Å². The largest absolute Gasteiger partial charge is 0.394 e. The van der Waals surface area contributed by atoms with Crippen molar-refractivity contribution in [2.45, 2.75) is 266 Å². The number of nitrogens with one attached hydrogen (secondary N) is 1. The Hall–Kier alpha value is -4.33. The Morgan fingerprint density at radius 3 is 1.24 bits per heavy atom. The van der Waals surface area contributed by atoms with E-state index in [9.17, 15) is 61.0 Å². The number of aliphatic hydroxyl groups is 11. The van der Waals surface area contributed by atoms with E-state index in [0.717, 1.165) is 96.3 Å². The van der Waals surface area contributed by atoms with Crippen LogP contribution >= 0.6 is 0 Å². The fourth-order valence-electron chi connectivity index (χ4n) is 10.00. The molecule has 3 aliphatic heterocycles. The van der Waals surface area contributed by atoms with Crippen molar-refractivity contribution in [2.75, 3.05) is 26.4 Å². The highest BCUT2D eigenvalue weighted by Crippen LogP contribution is 2.33. The van der Waals surface area contributed by atoms with Crippen LogP contribution in [0.5, 0.6) is 0 Å². The molecule has 0 aliphatic carbocycles. The molecular formula is C71H113NO18. The molecule has 0 aromatic heterocycles. The maximum atomic E-state index is 13.3. The fraction of sp³-hybridized carbons (Fsp3) is 0.648. The maximum absolute atomic E-state index is 13.3. The number of aliphatic hydroxyl groups excluding tert-OH is 11. The van der Waals surface area contributed by atoms with Crippen LogP contribution in [0.4, 0.5) is 0 Å². The van der Waals surface area contributed by atoms with Crippen LogP contribution in [-0.4, -0.2) is 193 Å². The van der Waals surface area contributed by atoms with Gasteiger partial charge in [-0.15, -0.1) is 0 Å². The van der Waals surface area contributed by atoms with Crippen molar-refractivity contribution >= 4 is 5.91 Å². The van der Waals surface area contributed by atoms with Crippen LogP contribution in [0.15, 0.2) is 146 Å². The lowest BCUT2D eigenvalue weighted by Crippen LogP contribution is -2.66. The Morgan fingerprint density at radius 1 is 0.411 bits per heavy atom. The van der Waals surface area contributed by atoms with Gasteiger partial charge in [0, 0.05) is 6.42 Å². The summed E-state index contributed by atoms with van der Waals surface area (Å²) in [6.45, 7) is 1.50. The van der Waals surface area contributed by atoms with Crippen LogP contribution in [-0.2, 0) is 33.2 Å². The molecule has 3 rings (SSSR count). The van der Waals surface area contributed by atoms with Crippen LogP contribution in [0.3, 0.4) is 0 Å². The first-order valence-corrected chi connectivity index (χ1v) is 33.1. The van der Waals surface area contributed by atoms with Crippen molar-refractivity contribution in [3.8, 4) is 0 Å². The summed E-state index contributed by atoms with van der Waals surface area (Å²) in [5.74, 6) is -0.337. The third-order valence-electron chi connectivity index (χ3n) is 15.4. The summed E-state index contributed by atoms with van der Waals surface area (Å²) >= 11 is 0. The van der Waals surface area contributed by atoms with Crippen LogP contribution in [0.25, 0.3) is 0 Å². The standard InChI is InChI=1S/C71H113NO18/c1-3-5-7-9-11-13-15-17-18-19-20-21-22-23-24-25-26-27-28-29-30-31-32-33-34-35-36-37-39-41-43-45-47-49-59(77)72-54(55(76)48-46-44-42-40-38-16-14-12-10-8-6-4-2)53-85-69-65(83)62(80)67(57(51-74)87-69)90-71-66(84)63(81)68(58(52-75)88-71)89-70-64(82)61(79)60(78)56(50-73)86-70/h5,7,11,13,17-18,20-21,23-24,26-27,29-30,32-33,35-36,38-41,46,48,54-58,60-71,73-76,78-84H,3-4,6,8-10,12,14-16,19,22,25,28,31,34,37,42-45,47,49-53H2,1-2H3,(H,72,77)/b7-5-,13-11-,18-17-,21-20-,24-23-,27-26-,30-29-,33-32-,36-35-,40-38+,41-39-,48-46+. The third kappa shape index (κ3) is 33.0. The number of carbonyl (C=O) groups is 1. The first kappa shape index (κ1) is 79.9. The normalized spacial score (nSPS) is 29.0. The summed E-state index contributed by atoms with van der Waals surface area (Å²) in [6, 6.07) is -1.02. The molecule has 19 heteroatoms. The average molecular weight is 1270 g/mol. The lowest BCUT2D eigenvalue weighted by atomic mass is 9.96. The van der Waals surface area contributed by atoms with Crippen molar-refractivity contribution in [2.24, 2.45) is 0 Å². The molecular weight excluding hydrogens is 1150 g/mol. The van der Waals surface area contributed by atoms with Crippen LogP contribution in [0, 0.1) is 0 Å². The smallest absolute Gasteiger partial charge is 0.220 e. The van der Waals surface area contributed by atoms with E-state index in [1.807, 2.05) is 6.08 Å². The van der Waals surface area contributed by atoms with E-state index >= 15 is 0 Å². The molecule has 0 aromatic carbocycles. The van der Waals surface area contributed by atoms with E-state index in [1.54, 1.807) is 6.08 Å². The summed E-state index contributed by atoms with van der Waals surface area (Å²) in [5, 5.41) is 120. The number of carbonyl (C=O) groups excluding carboxylic acids is 1. The molecule has 19 nitrogen and oxygen atoms in total. The highest BCUT2D eigenvalue weighted by molar-refractivity contribution is 5.76. The topological polar surface area (TPSA) is 307 Å². The number of ether oxygens (including phenoxy) is 6. The molecule has 0 spiro atoms. The number of hydrogen-bond acceptors (Lipinski definition) is 18. The van der Waals surface area contributed by atoms with E-state index in [4.69, 9.17) is 28.4 Å². The summed E-state index contributed by atoms with van der Waals surface area (Å²) in [7, 11) is 0. The molecule has 0 saturated carbocycles. The zero-order valence-electron chi connectivity index (χ0n) is 53.5. The van der Waals surface area contributed by atoms with Gasteiger partial charge in [0.15, 0.2) is 18.9 Å². The molecule has 1 amide bonds. The average Bonchev–Trinajstić information content (AvgIpc) is 0.864. The van der Waals surface area contributed by atoms with E-state index in [1.165, 1.54) is 32.1 Å². The van der Waals surface area contributed by atoms with Crippen LogP contribution < -0.4 is 5.32 Å². The lowest BCUT2D eigenvalue weighted by molar-refractivity contribution is -0.379. The zero-order chi connectivity index (χ0) is 65.4. The Kier molecular flexibility index (Phi) is 45.4. The van der Waals surface area contributed by atoms with E-state index in [-0.39, 0.29) is 12.3 Å². The lowest BCUT2D eigenvalue weighted by Gasteiger charge is -2.48. The van der Waals surface area contributed by atoms with E-state index in [0.29, 0.717) is 12.8 Å². The van der Waals surface area contributed by atoms with Crippen LogP contribution in [0.1, 0.15) is 162 Å². The van der Waals surface area contributed by atoms with Crippen LogP contribution in [0.2, 0.25) is 0 Å². The molecule has 17 unspecified atom stereocenters. The molecule has 0 radical (unpaired) electrons. The Balaban J connectivity index is 1.43. The molecule has 0 bridgehead atoms. The van der Waals surface area contributed by atoms with Gasteiger partial charge >= 0.3 is 0 Å². The van der Waals surface area contributed by atoms with Gasteiger partial charge in [-0.2, -0.15) is 0 Å². The molecule has 3 heterocycles. The Morgan fingerprint density at radius 2 is 0.778 bits per heavy atom. The minimum absolute atomic E-state index is 0.169. The van der Waals surface area contributed by atoms with Gasteiger partial charge in [-0.25, -0.2) is 0 Å².